The summed E-state index contributed by atoms with van der Waals surface area (Å²) in [6.07, 6.45) is 3.38. The number of nitrogens with two attached hydrogens (primary N) is 1. The van der Waals surface area contributed by atoms with Crippen LogP contribution in [0.25, 0.3) is 0 Å². The van der Waals surface area contributed by atoms with Crippen molar-refractivity contribution in [2.24, 2.45) is 11.1 Å². The van der Waals surface area contributed by atoms with Crippen LogP contribution in [-0.4, -0.2) is 14.7 Å². The van der Waals surface area contributed by atoms with E-state index < -0.39 is 10.1 Å². The summed E-state index contributed by atoms with van der Waals surface area (Å²) >= 11 is 0. The van der Waals surface area contributed by atoms with E-state index in [4.69, 9.17) is 5.14 Å². The maximum atomic E-state index is 9.79. The Morgan fingerprint density at radius 1 is 1.60 bits per heavy atom. The molecule has 0 heterocycles. The molecule has 2 aliphatic rings. The van der Waals surface area contributed by atoms with Crippen LogP contribution in [0.5, 0.6) is 0 Å². The van der Waals surface area contributed by atoms with E-state index >= 15 is 0 Å². The normalized spacial score (nSPS) is 37.5. The largest absolute Gasteiger partial charge is 0.209 e. The van der Waals surface area contributed by atoms with Gasteiger partial charge in [0.2, 0.25) is 0 Å². The summed E-state index contributed by atoms with van der Waals surface area (Å²) in [4.78, 5) is 1.26. The van der Waals surface area contributed by atoms with Gasteiger partial charge in [-0.1, -0.05) is 6.92 Å². The van der Waals surface area contributed by atoms with E-state index in [1.54, 1.807) is 0 Å². The molecule has 2 aliphatic carbocycles. The van der Waals surface area contributed by atoms with Crippen LogP contribution in [0.15, 0.2) is 0 Å². The third-order valence-corrected chi connectivity index (χ3v) is 5.25. The zero-order valence-electron chi connectivity index (χ0n) is 6.21. The van der Waals surface area contributed by atoms with E-state index in [1.165, 1.54) is 4.86 Å². The molecule has 2 unspecified atom stereocenters. The lowest BCUT2D eigenvalue weighted by Crippen LogP contribution is -2.30. The van der Waals surface area contributed by atoms with Gasteiger partial charge in [-0.3, -0.25) is 0 Å². The van der Waals surface area contributed by atoms with E-state index in [0.717, 1.165) is 19.3 Å². The molecule has 2 fully saturated rings. The van der Waals surface area contributed by atoms with Crippen molar-refractivity contribution in [3.63, 3.8) is 0 Å². The molecular formula is C7H14NOS+. The van der Waals surface area contributed by atoms with Crippen molar-refractivity contribution < 1.29 is 4.55 Å². The van der Waals surface area contributed by atoms with Crippen molar-refractivity contribution >= 4 is 14.9 Å². The lowest BCUT2D eigenvalue weighted by molar-refractivity contribution is 0.634. The predicted molar refractivity (Wildman–Crippen MR) is 46.0 cm³/mol. The van der Waals surface area contributed by atoms with Crippen molar-refractivity contribution in [1.29, 1.82) is 0 Å². The molecular weight excluding hydrogens is 146 g/mol. The van der Waals surface area contributed by atoms with Crippen LogP contribution in [0, 0.1) is 5.92 Å². The summed E-state index contributed by atoms with van der Waals surface area (Å²) in [6, 6.07) is 0. The van der Waals surface area contributed by atoms with Gasteiger partial charge in [-0.25, -0.2) is 4.55 Å². The van der Waals surface area contributed by atoms with E-state index in [2.05, 4.69) is 6.92 Å². The van der Waals surface area contributed by atoms with Gasteiger partial charge < -0.3 is 0 Å². The van der Waals surface area contributed by atoms with Crippen LogP contribution in [0.2, 0.25) is 0 Å². The first-order valence-electron chi connectivity index (χ1n) is 3.80. The van der Waals surface area contributed by atoms with E-state index in [9.17, 15) is 4.55 Å². The van der Waals surface area contributed by atoms with Crippen molar-refractivity contribution in [2.75, 3.05) is 0 Å². The highest BCUT2D eigenvalue weighted by molar-refractivity contribution is 8.07. The summed E-state index contributed by atoms with van der Waals surface area (Å²) in [7, 11) is -1.73. The Bertz CT molecular complexity index is 214. The molecule has 2 saturated carbocycles. The minimum absolute atomic E-state index is 0.465. The highest BCUT2D eigenvalue weighted by Gasteiger charge is 2.49. The first kappa shape index (κ1) is 6.83. The van der Waals surface area contributed by atoms with E-state index in [1.807, 2.05) is 0 Å². The fourth-order valence-electron chi connectivity index (χ4n) is 1.34. The van der Waals surface area contributed by atoms with Crippen LogP contribution in [0.1, 0.15) is 26.2 Å². The first-order chi connectivity index (χ1) is 4.62. The number of hydrogen-bond donors (Lipinski definition) is 2. The molecule has 3 heteroatoms. The monoisotopic (exact) mass is 160 g/mol. The topological polar surface area (TPSA) is 46.2 Å². The molecule has 58 valence electrons. The fraction of sp³-hybridized carbons (Fsp3) is 0.857. The lowest BCUT2D eigenvalue weighted by atomic mass is 10.5. The zero-order chi connectivity index (χ0) is 7.35. The summed E-state index contributed by atoms with van der Waals surface area (Å²) in [6.45, 7) is 2.14. The molecule has 0 aliphatic heterocycles. The average molecular weight is 160 g/mol. The second-order valence-corrected chi connectivity index (χ2v) is 5.98. The van der Waals surface area contributed by atoms with Gasteiger partial charge in [-0.2, -0.15) is 5.14 Å². The highest BCUT2D eigenvalue weighted by atomic mass is 32.3. The molecule has 0 amide bonds. The molecule has 0 aromatic rings. The Morgan fingerprint density at radius 3 is 2.40 bits per heavy atom. The third kappa shape index (κ3) is 0.929. The summed E-state index contributed by atoms with van der Waals surface area (Å²) in [5.41, 5.74) is 0. The molecule has 0 saturated heterocycles. The van der Waals surface area contributed by atoms with Gasteiger partial charge in [0.05, 0.1) is 10.1 Å². The van der Waals surface area contributed by atoms with Gasteiger partial charge in [0.1, 0.15) is 10.1 Å². The van der Waals surface area contributed by atoms with Crippen molar-refractivity contribution in [2.45, 2.75) is 31.4 Å². The molecule has 10 heavy (non-hydrogen) atoms. The molecule has 0 aromatic heterocycles. The van der Waals surface area contributed by atoms with Crippen LogP contribution in [0.4, 0.5) is 0 Å². The SMILES string of the molecule is CC1CC1=[S+](N)(O)C1CC1. The van der Waals surface area contributed by atoms with Gasteiger partial charge in [-0.15, -0.1) is 0 Å². The van der Waals surface area contributed by atoms with Gasteiger partial charge in [0.15, 0.2) is 0 Å². The Kier molecular flexibility index (Phi) is 1.26. The molecule has 0 spiro atoms. The van der Waals surface area contributed by atoms with Crippen molar-refractivity contribution in [3.8, 4) is 0 Å². The third-order valence-electron chi connectivity index (χ3n) is 2.35. The summed E-state index contributed by atoms with van der Waals surface area (Å²) < 4.78 is 9.79. The maximum absolute atomic E-state index is 9.79. The minimum Gasteiger partial charge on any atom is -0.209 e. The lowest BCUT2D eigenvalue weighted by Gasteiger charge is -2.03. The number of hydrogen-bond acceptors (Lipinski definition) is 2. The molecule has 0 radical (unpaired) electrons. The Morgan fingerprint density at radius 2 is 2.10 bits per heavy atom. The Labute approximate surface area is 62.7 Å². The highest BCUT2D eigenvalue weighted by Crippen LogP contribution is 2.38. The van der Waals surface area contributed by atoms with Crippen LogP contribution >= 0.6 is 0 Å². The molecule has 2 nitrogen and oxygen atoms in total. The van der Waals surface area contributed by atoms with Gasteiger partial charge in [0.25, 0.3) is 0 Å². The Hall–Kier alpha value is 0.140. The second-order valence-electron chi connectivity index (χ2n) is 3.44. The van der Waals surface area contributed by atoms with Gasteiger partial charge in [-0.05, 0) is 0 Å². The quantitative estimate of drug-likeness (QED) is 0.441. The molecule has 2 rings (SSSR count). The zero-order valence-corrected chi connectivity index (χ0v) is 7.03. The molecule has 3 N–H and O–H groups in total. The first-order valence-corrected chi connectivity index (χ1v) is 5.52. The average Bonchev–Trinajstić information content (AvgIpc) is 2.53. The van der Waals surface area contributed by atoms with Crippen LogP contribution < -0.4 is 5.14 Å². The second kappa shape index (κ2) is 1.84. The Balaban J connectivity index is 2.27. The molecule has 0 aromatic carbocycles. The van der Waals surface area contributed by atoms with E-state index in [-0.39, 0.29) is 0 Å². The predicted octanol–water partition coefficient (Wildman–Crippen LogP) is 0.862. The number of rotatable bonds is 1. The van der Waals surface area contributed by atoms with Crippen molar-refractivity contribution in [1.82, 2.24) is 0 Å². The summed E-state index contributed by atoms with van der Waals surface area (Å²) in [5.74, 6) is 0.616. The standard InChI is InChI=1S/C7H14NOS/c1-5-4-7(5)10(8,9)6-2-3-6/h5-6,9H,2-4,8H2,1H3/q+1. The van der Waals surface area contributed by atoms with E-state index in [0.29, 0.717) is 11.2 Å². The van der Waals surface area contributed by atoms with Crippen molar-refractivity contribution in [3.05, 3.63) is 0 Å². The smallest absolute Gasteiger partial charge is 0.131 e. The fourth-order valence-corrected chi connectivity index (χ4v) is 3.78. The van der Waals surface area contributed by atoms with Gasteiger partial charge in [0, 0.05) is 25.2 Å². The van der Waals surface area contributed by atoms with Crippen LogP contribution in [0.3, 0.4) is 0 Å². The summed E-state index contributed by atoms with van der Waals surface area (Å²) in [5, 5.41) is 6.28. The van der Waals surface area contributed by atoms with Crippen LogP contribution in [-0.2, 0) is 10.1 Å². The van der Waals surface area contributed by atoms with Gasteiger partial charge >= 0.3 is 0 Å². The maximum Gasteiger partial charge on any atom is 0.131 e. The molecule has 2 atom stereocenters. The molecule has 0 bridgehead atoms. The minimum atomic E-state index is -1.73.